The quantitative estimate of drug-likeness (QED) is 0.886. The van der Waals surface area contributed by atoms with Crippen molar-refractivity contribution in [1.82, 2.24) is 10.1 Å². The molecule has 21 heavy (non-hydrogen) atoms. The lowest BCUT2D eigenvalue weighted by Gasteiger charge is -2.04. The van der Waals surface area contributed by atoms with Crippen molar-refractivity contribution in [3.63, 3.8) is 0 Å². The summed E-state index contributed by atoms with van der Waals surface area (Å²) in [6.07, 6.45) is 6.26. The number of nitrogens with two attached hydrogens (primary N) is 1. The Morgan fingerprint density at radius 3 is 2.95 bits per heavy atom. The van der Waals surface area contributed by atoms with Gasteiger partial charge in [0.1, 0.15) is 0 Å². The van der Waals surface area contributed by atoms with E-state index < -0.39 is 0 Å². The number of thioether (sulfide) groups is 1. The molecule has 4 nitrogen and oxygen atoms in total. The predicted octanol–water partition coefficient (Wildman–Crippen LogP) is 3.41. The molecule has 1 heterocycles. The normalized spacial score (nSPS) is 15.7. The Labute approximate surface area is 129 Å². The van der Waals surface area contributed by atoms with Gasteiger partial charge in [-0.2, -0.15) is 16.7 Å². The zero-order chi connectivity index (χ0) is 14.5. The summed E-state index contributed by atoms with van der Waals surface area (Å²) < 4.78 is 5.39. The van der Waals surface area contributed by atoms with Crippen LogP contribution in [0.1, 0.15) is 37.1 Å². The minimum Gasteiger partial charge on any atom is -0.334 e. The van der Waals surface area contributed by atoms with E-state index in [1.165, 1.54) is 31.2 Å². The third kappa shape index (κ3) is 3.86. The molecule has 5 heteroatoms. The molecule has 2 N–H and O–H groups in total. The van der Waals surface area contributed by atoms with Gasteiger partial charge in [0.15, 0.2) is 5.82 Å². The van der Waals surface area contributed by atoms with Crippen LogP contribution in [0.4, 0.5) is 0 Å². The van der Waals surface area contributed by atoms with E-state index in [9.17, 15) is 0 Å². The Kier molecular flexibility index (Phi) is 4.93. The fraction of sp³-hybridized carbons (Fsp3) is 0.500. The first-order chi connectivity index (χ1) is 10.3. The van der Waals surface area contributed by atoms with E-state index in [1.807, 2.05) is 23.9 Å². The lowest BCUT2D eigenvalue weighted by molar-refractivity contribution is 0.425. The second-order valence-corrected chi connectivity index (χ2v) is 6.76. The lowest BCUT2D eigenvalue weighted by Crippen LogP contribution is -2.02. The van der Waals surface area contributed by atoms with E-state index in [2.05, 4.69) is 22.3 Å². The molecule has 0 unspecified atom stereocenters. The zero-order valence-corrected chi connectivity index (χ0v) is 12.9. The first kappa shape index (κ1) is 14.6. The van der Waals surface area contributed by atoms with Gasteiger partial charge in [-0.25, -0.2) is 0 Å². The molecule has 1 aliphatic rings. The van der Waals surface area contributed by atoms with Crippen LogP contribution in [-0.2, 0) is 12.2 Å². The van der Waals surface area contributed by atoms with Gasteiger partial charge >= 0.3 is 0 Å². The van der Waals surface area contributed by atoms with Crippen LogP contribution in [0.15, 0.2) is 28.8 Å². The van der Waals surface area contributed by atoms with Gasteiger partial charge in [0.05, 0.1) is 5.75 Å². The van der Waals surface area contributed by atoms with Gasteiger partial charge in [-0.15, -0.1) is 0 Å². The Bertz CT molecular complexity index is 578. The van der Waals surface area contributed by atoms with Crippen molar-refractivity contribution in [1.29, 1.82) is 0 Å². The van der Waals surface area contributed by atoms with E-state index in [1.54, 1.807) is 0 Å². The molecule has 0 spiro atoms. The maximum atomic E-state index is 5.60. The first-order valence-corrected chi connectivity index (χ1v) is 8.63. The van der Waals surface area contributed by atoms with Crippen molar-refractivity contribution in [2.45, 2.75) is 43.1 Å². The summed E-state index contributed by atoms with van der Waals surface area (Å²) in [5.74, 6) is 2.25. The molecule has 0 bridgehead atoms. The molecule has 1 aromatic heterocycles. The van der Waals surface area contributed by atoms with Crippen LogP contribution in [0, 0.1) is 0 Å². The van der Waals surface area contributed by atoms with Crippen LogP contribution in [-0.4, -0.2) is 21.9 Å². The Balaban J connectivity index is 1.64. The van der Waals surface area contributed by atoms with Gasteiger partial charge in [-0.1, -0.05) is 30.1 Å². The highest BCUT2D eigenvalue weighted by atomic mass is 32.2. The van der Waals surface area contributed by atoms with E-state index in [0.717, 1.165) is 28.8 Å². The van der Waals surface area contributed by atoms with Crippen molar-refractivity contribution in [2.24, 2.45) is 5.73 Å². The van der Waals surface area contributed by atoms with Crippen LogP contribution >= 0.6 is 11.8 Å². The number of rotatable bonds is 6. The van der Waals surface area contributed by atoms with Crippen molar-refractivity contribution in [3.05, 3.63) is 35.7 Å². The van der Waals surface area contributed by atoms with Crippen LogP contribution < -0.4 is 5.73 Å². The molecule has 0 atom stereocenters. The average molecular weight is 303 g/mol. The summed E-state index contributed by atoms with van der Waals surface area (Å²) in [6, 6.07) is 8.16. The molecule has 0 aliphatic heterocycles. The molecular weight excluding hydrogens is 282 g/mol. The highest BCUT2D eigenvalue weighted by Gasteiger charge is 2.17. The summed E-state index contributed by atoms with van der Waals surface area (Å²) >= 11 is 1.96. The van der Waals surface area contributed by atoms with E-state index in [4.69, 9.17) is 10.3 Å². The topological polar surface area (TPSA) is 64.9 Å². The first-order valence-electron chi connectivity index (χ1n) is 7.59. The third-order valence-corrected chi connectivity index (χ3v) is 5.19. The minimum atomic E-state index is 0.607. The van der Waals surface area contributed by atoms with Crippen molar-refractivity contribution in [2.75, 3.05) is 6.54 Å². The summed E-state index contributed by atoms with van der Waals surface area (Å²) in [4.78, 5) is 4.51. The monoisotopic (exact) mass is 303 g/mol. The second kappa shape index (κ2) is 7.09. The lowest BCUT2D eigenvalue weighted by atomic mass is 10.1. The molecule has 0 radical (unpaired) electrons. The van der Waals surface area contributed by atoms with Gasteiger partial charge in [0, 0.05) is 10.8 Å². The van der Waals surface area contributed by atoms with E-state index >= 15 is 0 Å². The SMILES string of the molecule is NCCc1cccc(-c2nc(CSC3CCCC3)no2)c1. The summed E-state index contributed by atoms with van der Waals surface area (Å²) in [5, 5.41) is 4.88. The Morgan fingerprint density at radius 2 is 2.14 bits per heavy atom. The highest BCUT2D eigenvalue weighted by molar-refractivity contribution is 7.99. The van der Waals surface area contributed by atoms with Gasteiger partial charge in [0.25, 0.3) is 5.89 Å². The maximum absolute atomic E-state index is 5.60. The van der Waals surface area contributed by atoms with Gasteiger partial charge in [-0.3, -0.25) is 0 Å². The predicted molar refractivity (Wildman–Crippen MR) is 86.0 cm³/mol. The maximum Gasteiger partial charge on any atom is 0.257 e. The van der Waals surface area contributed by atoms with Crippen molar-refractivity contribution >= 4 is 11.8 Å². The molecule has 1 saturated carbocycles. The number of hydrogen-bond acceptors (Lipinski definition) is 5. The Hall–Kier alpha value is -1.33. The molecule has 1 fully saturated rings. The molecule has 112 valence electrons. The van der Waals surface area contributed by atoms with Crippen LogP contribution in [0.5, 0.6) is 0 Å². The summed E-state index contributed by atoms with van der Waals surface area (Å²) in [7, 11) is 0. The van der Waals surface area contributed by atoms with Gasteiger partial charge in [-0.05, 0) is 43.5 Å². The second-order valence-electron chi connectivity index (χ2n) is 5.47. The number of hydrogen-bond donors (Lipinski definition) is 1. The summed E-state index contributed by atoms with van der Waals surface area (Å²) in [5.41, 5.74) is 7.78. The van der Waals surface area contributed by atoms with Crippen molar-refractivity contribution < 1.29 is 4.52 Å². The van der Waals surface area contributed by atoms with Gasteiger partial charge < -0.3 is 10.3 Å². The minimum absolute atomic E-state index is 0.607. The Morgan fingerprint density at radius 1 is 1.29 bits per heavy atom. The van der Waals surface area contributed by atoms with Crippen LogP contribution in [0.2, 0.25) is 0 Å². The molecule has 1 aromatic carbocycles. The molecule has 1 aliphatic carbocycles. The number of benzene rings is 1. The smallest absolute Gasteiger partial charge is 0.257 e. The zero-order valence-electron chi connectivity index (χ0n) is 12.1. The fourth-order valence-corrected chi connectivity index (χ4v) is 3.87. The molecule has 0 saturated heterocycles. The summed E-state index contributed by atoms with van der Waals surface area (Å²) in [6.45, 7) is 0.649. The number of aromatic nitrogens is 2. The molecule has 0 amide bonds. The van der Waals surface area contributed by atoms with E-state index in [-0.39, 0.29) is 0 Å². The number of nitrogens with zero attached hydrogens (tertiary/aromatic N) is 2. The standard InChI is InChI=1S/C16H21N3OS/c17-9-8-12-4-3-5-13(10-12)16-18-15(19-20-16)11-21-14-6-1-2-7-14/h3-5,10,14H,1-2,6-9,11,17H2. The average Bonchev–Trinajstić information content (AvgIpc) is 3.17. The van der Waals surface area contributed by atoms with Gasteiger partial charge in [0.2, 0.25) is 0 Å². The van der Waals surface area contributed by atoms with Crippen LogP contribution in [0.25, 0.3) is 11.5 Å². The molecule has 3 rings (SSSR count). The fourth-order valence-electron chi connectivity index (χ4n) is 2.70. The molecular formula is C16H21N3OS. The molecule has 2 aromatic rings. The van der Waals surface area contributed by atoms with E-state index in [0.29, 0.717) is 12.4 Å². The highest BCUT2D eigenvalue weighted by Crippen LogP contribution is 2.31. The third-order valence-electron chi connectivity index (χ3n) is 3.83. The van der Waals surface area contributed by atoms with Crippen LogP contribution in [0.3, 0.4) is 0 Å². The largest absolute Gasteiger partial charge is 0.334 e. The van der Waals surface area contributed by atoms with Crippen molar-refractivity contribution in [3.8, 4) is 11.5 Å².